The standard InChI is InChI=1S/C27H30O5S/c28-27-26(33)25(31-18-22-14-8-3-9-15-22)24(30-17-21-12-6-2-7-13-21)23(32-27)19-29-16-20-10-4-1-5-11-20/h1-15,23-28,33H,16-19H2/t23-,24-,25+,26-,27-/m1/s1. The van der Waals surface area contributed by atoms with Crippen LogP contribution in [0, 0.1) is 0 Å². The Labute approximate surface area is 200 Å². The minimum Gasteiger partial charge on any atom is -0.374 e. The van der Waals surface area contributed by atoms with Crippen LogP contribution in [0.2, 0.25) is 0 Å². The van der Waals surface area contributed by atoms with Gasteiger partial charge in [0.1, 0.15) is 18.3 Å². The predicted molar refractivity (Wildman–Crippen MR) is 130 cm³/mol. The van der Waals surface area contributed by atoms with Gasteiger partial charge in [0, 0.05) is 0 Å². The maximum absolute atomic E-state index is 10.5. The van der Waals surface area contributed by atoms with E-state index in [0.717, 1.165) is 16.7 Å². The van der Waals surface area contributed by atoms with Gasteiger partial charge in [-0.1, -0.05) is 91.0 Å². The second-order valence-electron chi connectivity index (χ2n) is 8.08. The first-order chi connectivity index (χ1) is 16.2. The van der Waals surface area contributed by atoms with Gasteiger partial charge < -0.3 is 24.1 Å². The largest absolute Gasteiger partial charge is 0.374 e. The highest BCUT2D eigenvalue weighted by Gasteiger charge is 2.45. The molecule has 33 heavy (non-hydrogen) atoms. The third kappa shape index (κ3) is 6.90. The van der Waals surface area contributed by atoms with Crippen molar-refractivity contribution in [1.29, 1.82) is 0 Å². The fraction of sp³-hybridized carbons (Fsp3) is 0.333. The molecule has 0 amide bonds. The van der Waals surface area contributed by atoms with Gasteiger partial charge in [-0.2, -0.15) is 12.6 Å². The van der Waals surface area contributed by atoms with E-state index < -0.39 is 29.9 Å². The Kier molecular flexibility index (Phi) is 8.94. The number of aliphatic hydroxyl groups excluding tert-OH is 1. The first-order valence-electron chi connectivity index (χ1n) is 11.1. The normalized spacial score (nSPS) is 25.1. The van der Waals surface area contributed by atoms with Crippen LogP contribution in [-0.4, -0.2) is 41.6 Å². The van der Waals surface area contributed by atoms with E-state index in [0.29, 0.717) is 19.8 Å². The van der Waals surface area contributed by atoms with E-state index >= 15 is 0 Å². The molecule has 1 aliphatic rings. The Hall–Kier alpha value is -2.19. The number of thiol groups is 1. The Morgan fingerprint density at radius 1 is 0.667 bits per heavy atom. The second kappa shape index (κ2) is 12.3. The monoisotopic (exact) mass is 466 g/mol. The highest BCUT2D eigenvalue weighted by Crippen LogP contribution is 2.30. The van der Waals surface area contributed by atoms with Crippen molar-refractivity contribution in [2.75, 3.05) is 6.61 Å². The molecule has 174 valence electrons. The third-order valence-corrected chi connectivity index (χ3v) is 6.15. The second-order valence-corrected chi connectivity index (χ2v) is 8.68. The summed E-state index contributed by atoms with van der Waals surface area (Å²) in [6.45, 7) is 1.49. The van der Waals surface area contributed by atoms with Crippen molar-refractivity contribution in [3.63, 3.8) is 0 Å². The van der Waals surface area contributed by atoms with Crippen molar-refractivity contribution < 1.29 is 24.1 Å². The Morgan fingerprint density at radius 2 is 1.12 bits per heavy atom. The molecule has 1 aliphatic heterocycles. The molecular formula is C27H30O5S. The molecule has 1 fully saturated rings. The number of ether oxygens (including phenoxy) is 4. The number of aliphatic hydroxyl groups is 1. The molecule has 1 heterocycles. The van der Waals surface area contributed by atoms with Gasteiger partial charge in [0.25, 0.3) is 0 Å². The molecule has 4 rings (SSSR count). The van der Waals surface area contributed by atoms with E-state index in [-0.39, 0.29) is 6.61 Å². The molecule has 0 aliphatic carbocycles. The van der Waals surface area contributed by atoms with Crippen molar-refractivity contribution in [3.05, 3.63) is 108 Å². The quantitative estimate of drug-likeness (QED) is 0.434. The van der Waals surface area contributed by atoms with E-state index in [4.69, 9.17) is 18.9 Å². The van der Waals surface area contributed by atoms with Gasteiger partial charge in [-0.15, -0.1) is 0 Å². The molecule has 3 aromatic rings. The van der Waals surface area contributed by atoms with Gasteiger partial charge in [-0.25, -0.2) is 0 Å². The number of benzene rings is 3. The van der Waals surface area contributed by atoms with Crippen molar-refractivity contribution in [3.8, 4) is 0 Å². The van der Waals surface area contributed by atoms with Crippen LogP contribution in [0.5, 0.6) is 0 Å². The van der Waals surface area contributed by atoms with E-state index in [1.165, 1.54) is 0 Å². The number of hydrogen-bond donors (Lipinski definition) is 2. The van der Waals surface area contributed by atoms with E-state index in [2.05, 4.69) is 12.6 Å². The van der Waals surface area contributed by atoms with E-state index in [1.807, 2.05) is 91.0 Å². The summed E-state index contributed by atoms with van der Waals surface area (Å²) in [5.74, 6) is 0. The zero-order chi connectivity index (χ0) is 22.9. The fourth-order valence-electron chi connectivity index (χ4n) is 3.84. The molecule has 3 aromatic carbocycles. The van der Waals surface area contributed by atoms with E-state index in [1.54, 1.807) is 0 Å². The first kappa shape index (κ1) is 24.0. The fourth-order valence-corrected chi connectivity index (χ4v) is 4.16. The molecule has 1 N–H and O–H groups in total. The summed E-state index contributed by atoms with van der Waals surface area (Å²) in [5, 5.41) is 9.99. The Bertz CT molecular complexity index is 941. The summed E-state index contributed by atoms with van der Waals surface area (Å²) in [6.07, 6.45) is -2.53. The summed E-state index contributed by atoms with van der Waals surface area (Å²) in [7, 11) is 0. The molecule has 0 saturated carbocycles. The molecule has 0 spiro atoms. The van der Waals surface area contributed by atoms with Crippen LogP contribution in [0.25, 0.3) is 0 Å². The first-order valence-corrected chi connectivity index (χ1v) is 11.7. The van der Waals surface area contributed by atoms with Crippen molar-refractivity contribution in [2.45, 2.75) is 49.7 Å². The molecule has 5 atom stereocenters. The smallest absolute Gasteiger partial charge is 0.169 e. The van der Waals surface area contributed by atoms with Crippen molar-refractivity contribution in [2.24, 2.45) is 0 Å². The van der Waals surface area contributed by atoms with Crippen LogP contribution in [0.3, 0.4) is 0 Å². The lowest BCUT2D eigenvalue weighted by Gasteiger charge is -2.43. The minimum absolute atomic E-state index is 0.261. The SMILES string of the molecule is O[C@@H]1O[C@H](COCc2ccccc2)[C@@H](OCc2ccccc2)[C@H](OCc2ccccc2)[C@H]1S. The third-order valence-electron chi connectivity index (χ3n) is 5.60. The highest BCUT2D eigenvalue weighted by atomic mass is 32.1. The Balaban J connectivity index is 1.46. The molecule has 6 heteroatoms. The minimum atomic E-state index is -1.09. The van der Waals surface area contributed by atoms with Crippen LogP contribution in [0.15, 0.2) is 91.0 Å². The molecule has 0 aromatic heterocycles. The van der Waals surface area contributed by atoms with Crippen LogP contribution in [0.4, 0.5) is 0 Å². The lowest BCUT2D eigenvalue weighted by Crippen LogP contribution is -2.58. The van der Waals surface area contributed by atoms with Crippen molar-refractivity contribution in [1.82, 2.24) is 0 Å². The van der Waals surface area contributed by atoms with E-state index in [9.17, 15) is 5.11 Å². The topological polar surface area (TPSA) is 57.2 Å². The molecule has 0 radical (unpaired) electrons. The van der Waals surface area contributed by atoms with Gasteiger partial charge in [-0.05, 0) is 16.7 Å². The average Bonchev–Trinajstić information content (AvgIpc) is 2.86. The predicted octanol–water partition coefficient (Wildman–Crippen LogP) is 4.39. The summed E-state index contributed by atoms with van der Waals surface area (Å²) in [5.41, 5.74) is 3.15. The number of hydrogen-bond acceptors (Lipinski definition) is 6. The average molecular weight is 467 g/mol. The molecule has 1 saturated heterocycles. The zero-order valence-corrected chi connectivity index (χ0v) is 19.3. The maximum atomic E-state index is 10.5. The molecule has 5 nitrogen and oxygen atoms in total. The summed E-state index contributed by atoms with van der Waals surface area (Å²) < 4.78 is 24.4. The lowest BCUT2D eigenvalue weighted by atomic mass is 10.00. The highest BCUT2D eigenvalue weighted by molar-refractivity contribution is 7.81. The van der Waals surface area contributed by atoms with Gasteiger partial charge in [0.2, 0.25) is 0 Å². The molecule has 0 unspecified atom stereocenters. The van der Waals surface area contributed by atoms with Crippen LogP contribution < -0.4 is 0 Å². The van der Waals surface area contributed by atoms with Crippen molar-refractivity contribution >= 4 is 12.6 Å². The van der Waals surface area contributed by atoms with Crippen LogP contribution in [0.1, 0.15) is 16.7 Å². The number of rotatable bonds is 10. The van der Waals surface area contributed by atoms with Gasteiger partial charge >= 0.3 is 0 Å². The molecular weight excluding hydrogens is 436 g/mol. The Morgan fingerprint density at radius 3 is 1.64 bits per heavy atom. The summed E-state index contributed by atoms with van der Waals surface area (Å²) in [6, 6.07) is 29.8. The van der Waals surface area contributed by atoms with Gasteiger partial charge in [-0.3, -0.25) is 0 Å². The van der Waals surface area contributed by atoms with Crippen LogP contribution in [-0.2, 0) is 38.8 Å². The maximum Gasteiger partial charge on any atom is 0.169 e. The zero-order valence-electron chi connectivity index (χ0n) is 18.4. The van der Waals surface area contributed by atoms with Gasteiger partial charge in [0.05, 0.1) is 31.7 Å². The summed E-state index contributed by atoms with van der Waals surface area (Å²) >= 11 is 4.61. The van der Waals surface area contributed by atoms with Gasteiger partial charge in [0.15, 0.2) is 6.29 Å². The summed E-state index contributed by atoms with van der Waals surface area (Å²) in [4.78, 5) is 0. The van der Waals surface area contributed by atoms with Crippen LogP contribution >= 0.6 is 12.6 Å². The lowest BCUT2D eigenvalue weighted by molar-refractivity contribution is -0.260. The molecule has 0 bridgehead atoms.